The molecule has 1 saturated heterocycles. The van der Waals surface area contributed by atoms with Crippen molar-refractivity contribution in [1.82, 2.24) is 4.90 Å². The lowest BCUT2D eigenvalue weighted by atomic mass is 9.90. The number of halogens is 1. The molecule has 2 atom stereocenters. The maximum atomic E-state index is 12.3. The monoisotopic (exact) mass is 308 g/mol. The van der Waals surface area contributed by atoms with Crippen LogP contribution in [0.25, 0.3) is 0 Å². The van der Waals surface area contributed by atoms with Crippen LogP contribution >= 0.6 is 11.6 Å². The number of benzene rings is 1. The molecule has 0 aromatic heterocycles. The second kappa shape index (κ2) is 6.77. The second-order valence-electron chi connectivity index (χ2n) is 5.76. The number of anilines is 1. The van der Waals surface area contributed by atoms with Crippen molar-refractivity contribution in [3.05, 3.63) is 29.3 Å². The van der Waals surface area contributed by atoms with Crippen LogP contribution in [0.1, 0.15) is 25.7 Å². The molecular formula is C16H21ClN2O2. The van der Waals surface area contributed by atoms with Gasteiger partial charge in [-0.1, -0.05) is 36.6 Å². The summed E-state index contributed by atoms with van der Waals surface area (Å²) >= 11 is 6.07. The fourth-order valence-electron chi connectivity index (χ4n) is 3.31. The van der Waals surface area contributed by atoms with Crippen molar-refractivity contribution in [3.8, 4) is 0 Å². The van der Waals surface area contributed by atoms with Gasteiger partial charge < -0.3 is 10.1 Å². The van der Waals surface area contributed by atoms with Gasteiger partial charge in [0.05, 0.1) is 30.0 Å². The van der Waals surface area contributed by atoms with E-state index in [1.807, 2.05) is 18.2 Å². The lowest BCUT2D eigenvalue weighted by Crippen LogP contribution is -2.54. The molecule has 0 spiro atoms. The van der Waals surface area contributed by atoms with Crippen molar-refractivity contribution in [2.45, 2.75) is 37.8 Å². The zero-order valence-corrected chi connectivity index (χ0v) is 12.8. The number of rotatable bonds is 3. The Morgan fingerprint density at radius 3 is 3.00 bits per heavy atom. The first-order valence-corrected chi connectivity index (χ1v) is 8.02. The van der Waals surface area contributed by atoms with Gasteiger partial charge in [-0.25, -0.2) is 0 Å². The summed E-state index contributed by atoms with van der Waals surface area (Å²) in [5.41, 5.74) is 0.678. The Kier molecular flexibility index (Phi) is 4.78. The number of hydrogen-bond donors (Lipinski definition) is 1. The fourth-order valence-corrected chi connectivity index (χ4v) is 3.49. The summed E-state index contributed by atoms with van der Waals surface area (Å²) in [5.74, 6) is -0.00526. The Labute approximate surface area is 130 Å². The third kappa shape index (κ3) is 3.57. The molecule has 5 heteroatoms. The van der Waals surface area contributed by atoms with E-state index in [9.17, 15) is 4.79 Å². The average Bonchev–Trinajstić information content (AvgIpc) is 2.50. The Morgan fingerprint density at radius 1 is 1.33 bits per heavy atom. The van der Waals surface area contributed by atoms with Gasteiger partial charge in [-0.15, -0.1) is 0 Å². The van der Waals surface area contributed by atoms with Crippen molar-refractivity contribution in [2.24, 2.45) is 0 Å². The van der Waals surface area contributed by atoms with E-state index in [1.165, 1.54) is 12.8 Å². The summed E-state index contributed by atoms with van der Waals surface area (Å²) in [4.78, 5) is 14.5. The average molecular weight is 309 g/mol. The highest BCUT2D eigenvalue weighted by atomic mass is 35.5. The Balaban J connectivity index is 1.60. The van der Waals surface area contributed by atoms with Crippen LogP contribution in [0.15, 0.2) is 24.3 Å². The van der Waals surface area contributed by atoms with Gasteiger partial charge in [0.1, 0.15) is 0 Å². The first-order valence-electron chi connectivity index (χ1n) is 7.64. The third-order valence-corrected chi connectivity index (χ3v) is 4.67. The van der Waals surface area contributed by atoms with Crippen LogP contribution in [-0.4, -0.2) is 42.6 Å². The molecule has 1 amide bonds. The highest BCUT2D eigenvalue weighted by Crippen LogP contribution is 2.28. The van der Waals surface area contributed by atoms with Gasteiger partial charge in [-0.2, -0.15) is 0 Å². The molecule has 4 nitrogen and oxygen atoms in total. The molecule has 1 aliphatic carbocycles. The summed E-state index contributed by atoms with van der Waals surface area (Å²) in [6.45, 7) is 1.97. The van der Waals surface area contributed by atoms with Crippen LogP contribution in [-0.2, 0) is 9.53 Å². The molecule has 1 aromatic rings. The van der Waals surface area contributed by atoms with E-state index in [4.69, 9.17) is 16.3 Å². The number of hydrogen-bond acceptors (Lipinski definition) is 3. The van der Waals surface area contributed by atoms with Crippen molar-refractivity contribution in [2.75, 3.05) is 25.0 Å². The van der Waals surface area contributed by atoms with Crippen LogP contribution in [0.3, 0.4) is 0 Å². The van der Waals surface area contributed by atoms with Gasteiger partial charge in [-0.05, 0) is 25.0 Å². The van der Waals surface area contributed by atoms with Crippen molar-refractivity contribution >= 4 is 23.2 Å². The lowest BCUT2D eigenvalue weighted by molar-refractivity contribution is -0.124. The lowest BCUT2D eigenvalue weighted by Gasteiger charge is -2.43. The smallest absolute Gasteiger partial charge is 0.238 e. The van der Waals surface area contributed by atoms with E-state index in [2.05, 4.69) is 10.2 Å². The number of fused-ring (bicyclic) bond motifs is 1. The zero-order chi connectivity index (χ0) is 14.7. The van der Waals surface area contributed by atoms with Crippen LogP contribution in [0.5, 0.6) is 0 Å². The van der Waals surface area contributed by atoms with Gasteiger partial charge in [0.2, 0.25) is 5.91 Å². The zero-order valence-electron chi connectivity index (χ0n) is 12.1. The molecule has 1 heterocycles. The number of nitrogens with zero attached hydrogens (tertiary/aromatic N) is 1. The summed E-state index contributed by atoms with van der Waals surface area (Å²) in [6, 6.07) is 7.72. The Bertz CT molecular complexity index is 507. The van der Waals surface area contributed by atoms with Gasteiger partial charge in [-0.3, -0.25) is 9.69 Å². The van der Waals surface area contributed by atoms with Gasteiger partial charge in [0, 0.05) is 12.6 Å². The van der Waals surface area contributed by atoms with E-state index in [-0.39, 0.29) is 5.91 Å². The predicted octanol–water partition coefficient (Wildman–Crippen LogP) is 2.92. The number of nitrogens with one attached hydrogen (secondary N) is 1. The van der Waals surface area contributed by atoms with Crippen molar-refractivity contribution in [1.29, 1.82) is 0 Å². The highest BCUT2D eigenvalue weighted by Gasteiger charge is 2.34. The molecule has 2 unspecified atom stereocenters. The molecule has 1 aromatic carbocycles. The van der Waals surface area contributed by atoms with Crippen LogP contribution < -0.4 is 5.32 Å². The SMILES string of the molecule is O=C(CN1CCOC2CCCCC21)Nc1ccccc1Cl. The number of para-hydroxylation sites is 1. The van der Waals surface area contributed by atoms with E-state index >= 15 is 0 Å². The molecule has 0 radical (unpaired) electrons. The minimum atomic E-state index is -0.00526. The molecule has 2 aliphatic rings. The Hall–Kier alpha value is -1.10. The minimum Gasteiger partial charge on any atom is -0.375 e. The molecule has 1 aliphatic heterocycles. The summed E-state index contributed by atoms with van der Waals surface area (Å²) < 4.78 is 5.84. The first-order chi connectivity index (χ1) is 10.2. The largest absolute Gasteiger partial charge is 0.375 e. The van der Waals surface area contributed by atoms with Crippen LogP contribution in [0, 0.1) is 0 Å². The molecule has 0 bridgehead atoms. The second-order valence-corrected chi connectivity index (χ2v) is 6.17. The van der Waals surface area contributed by atoms with E-state index in [0.29, 0.717) is 29.4 Å². The minimum absolute atomic E-state index is 0.00526. The predicted molar refractivity (Wildman–Crippen MR) is 83.7 cm³/mol. The van der Waals surface area contributed by atoms with E-state index in [1.54, 1.807) is 6.07 Å². The summed E-state index contributed by atoms with van der Waals surface area (Å²) in [7, 11) is 0. The highest BCUT2D eigenvalue weighted by molar-refractivity contribution is 6.33. The Morgan fingerprint density at radius 2 is 2.14 bits per heavy atom. The standard InChI is InChI=1S/C16H21ClN2O2/c17-12-5-1-2-6-13(12)18-16(20)11-19-9-10-21-15-8-4-3-7-14(15)19/h1-2,5-6,14-15H,3-4,7-11H2,(H,18,20). The van der Waals surface area contributed by atoms with Crippen LogP contribution in [0.4, 0.5) is 5.69 Å². The maximum Gasteiger partial charge on any atom is 0.238 e. The number of morpholine rings is 1. The first kappa shape index (κ1) is 14.8. The molecule has 114 valence electrons. The number of carbonyl (C=O) groups is 1. The van der Waals surface area contributed by atoms with E-state index in [0.717, 1.165) is 26.0 Å². The third-order valence-electron chi connectivity index (χ3n) is 4.34. The van der Waals surface area contributed by atoms with Gasteiger partial charge >= 0.3 is 0 Å². The molecule has 3 rings (SSSR count). The van der Waals surface area contributed by atoms with Crippen molar-refractivity contribution in [3.63, 3.8) is 0 Å². The molecule has 2 fully saturated rings. The molecule has 1 N–H and O–H groups in total. The number of carbonyl (C=O) groups excluding carboxylic acids is 1. The van der Waals surface area contributed by atoms with Crippen molar-refractivity contribution < 1.29 is 9.53 Å². The van der Waals surface area contributed by atoms with E-state index < -0.39 is 0 Å². The number of ether oxygens (including phenoxy) is 1. The topological polar surface area (TPSA) is 41.6 Å². The molecule has 21 heavy (non-hydrogen) atoms. The fraction of sp³-hybridized carbons (Fsp3) is 0.562. The molecule has 1 saturated carbocycles. The van der Waals surface area contributed by atoms with Gasteiger partial charge in [0.15, 0.2) is 0 Å². The molecular weight excluding hydrogens is 288 g/mol. The van der Waals surface area contributed by atoms with Gasteiger partial charge in [0.25, 0.3) is 0 Å². The summed E-state index contributed by atoms with van der Waals surface area (Å²) in [5, 5.41) is 3.47. The maximum absolute atomic E-state index is 12.3. The normalized spacial score (nSPS) is 26.1. The summed E-state index contributed by atoms with van der Waals surface area (Å²) in [6.07, 6.45) is 5.02. The quantitative estimate of drug-likeness (QED) is 0.933. The number of amides is 1. The van der Waals surface area contributed by atoms with Crippen LogP contribution in [0.2, 0.25) is 5.02 Å².